The van der Waals surface area contributed by atoms with Gasteiger partial charge in [0.1, 0.15) is 23.9 Å². The summed E-state index contributed by atoms with van der Waals surface area (Å²) in [5, 5.41) is 0. The molecule has 0 aliphatic carbocycles. The SMILES string of the molecule is CCOc1ccc2c(c1)CC(C(=O)N(C)C(C)c1ccccc1F)CO2. The number of rotatable bonds is 5. The molecule has 26 heavy (non-hydrogen) atoms. The van der Waals surface area contributed by atoms with Gasteiger partial charge in [-0.25, -0.2) is 4.39 Å². The summed E-state index contributed by atoms with van der Waals surface area (Å²) in [6.45, 7) is 4.68. The van der Waals surface area contributed by atoms with Gasteiger partial charge in [-0.2, -0.15) is 0 Å². The van der Waals surface area contributed by atoms with Gasteiger partial charge < -0.3 is 14.4 Å². The average Bonchev–Trinajstić information content (AvgIpc) is 2.66. The first kappa shape index (κ1) is 18.2. The fourth-order valence-corrected chi connectivity index (χ4v) is 3.29. The Hall–Kier alpha value is -2.56. The number of ether oxygens (including phenoxy) is 2. The van der Waals surface area contributed by atoms with E-state index in [1.807, 2.05) is 32.0 Å². The van der Waals surface area contributed by atoms with E-state index in [0.29, 0.717) is 25.2 Å². The van der Waals surface area contributed by atoms with E-state index in [-0.39, 0.29) is 23.7 Å². The molecule has 0 bridgehead atoms. The van der Waals surface area contributed by atoms with Crippen molar-refractivity contribution < 1.29 is 18.7 Å². The van der Waals surface area contributed by atoms with E-state index in [1.54, 1.807) is 30.1 Å². The second kappa shape index (κ2) is 7.77. The van der Waals surface area contributed by atoms with E-state index in [4.69, 9.17) is 9.47 Å². The van der Waals surface area contributed by atoms with Crippen molar-refractivity contribution in [2.75, 3.05) is 20.3 Å². The lowest BCUT2D eigenvalue weighted by Crippen LogP contribution is -2.40. The molecule has 0 fully saturated rings. The molecule has 3 rings (SSSR count). The van der Waals surface area contributed by atoms with Crippen molar-refractivity contribution in [2.45, 2.75) is 26.3 Å². The number of fused-ring (bicyclic) bond motifs is 1. The molecule has 0 spiro atoms. The maximum Gasteiger partial charge on any atom is 0.229 e. The number of carbonyl (C=O) groups is 1. The molecule has 5 heteroatoms. The number of hydrogen-bond donors (Lipinski definition) is 0. The summed E-state index contributed by atoms with van der Waals surface area (Å²) in [5.74, 6) is 0.927. The predicted octanol–water partition coefficient (Wildman–Crippen LogP) is 4.00. The normalized spacial score (nSPS) is 17.0. The van der Waals surface area contributed by atoms with Crippen LogP contribution in [-0.2, 0) is 11.2 Å². The molecule has 1 amide bonds. The minimum Gasteiger partial charge on any atom is -0.494 e. The van der Waals surface area contributed by atoms with Crippen molar-refractivity contribution >= 4 is 5.91 Å². The molecule has 4 nitrogen and oxygen atoms in total. The van der Waals surface area contributed by atoms with Crippen molar-refractivity contribution in [3.05, 3.63) is 59.4 Å². The van der Waals surface area contributed by atoms with Gasteiger partial charge in [-0.15, -0.1) is 0 Å². The molecule has 0 saturated heterocycles. The monoisotopic (exact) mass is 357 g/mol. The molecular weight excluding hydrogens is 333 g/mol. The van der Waals surface area contributed by atoms with Crippen LogP contribution in [0.1, 0.15) is 31.0 Å². The van der Waals surface area contributed by atoms with Gasteiger partial charge in [0.15, 0.2) is 0 Å². The zero-order valence-corrected chi connectivity index (χ0v) is 15.4. The lowest BCUT2D eigenvalue weighted by atomic mass is 9.94. The van der Waals surface area contributed by atoms with Gasteiger partial charge in [-0.1, -0.05) is 18.2 Å². The van der Waals surface area contributed by atoms with Crippen LogP contribution in [0.25, 0.3) is 0 Å². The van der Waals surface area contributed by atoms with E-state index in [0.717, 1.165) is 17.1 Å². The number of hydrogen-bond acceptors (Lipinski definition) is 3. The first-order valence-electron chi connectivity index (χ1n) is 8.90. The van der Waals surface area contributed by atoms with Crippen LogP contribution in [0.3, 0.4) is 0 Å². The highest BCUT2D eigenvalue weighted by molar-refractivity contribution is 5.80. The van der Waals surface area contributed by atoms with Gasteiger partial charge in [0, 0.05) is 12.6 Å². The topological polar surface area (TPSA) is 38.8 Å². The summed E-state index contributed by atoms with van der Waals surface area (Å²) in [4.78, 5) is 14.5. The summed E-state index contributed by atoms with van der Waals surface area (Å²) in [6.07, 6.45) is 0.587. The van der Waals surface area contributed by atoms with Gasteiger partial charge in [0.2, 0.25) is 5.91 Å². The van der Waals surface area contributed by atoms with E-state index in [2.05, 4.69) is 0 Å². The molecule has 2 aromatic carbocycles. The summed E-state index contributed by atoms with van der Waals surface area (Å²) < 4.78 is 25.3. The fraction of sp³-hybridized carbons (Fsp3) is 0.381. The van der Waals surface area contributed by atoms with Crippen LogP contribution in [-0.4, -0.2) is 31.1 Å². The van der Waals surface area contributed by atoms with Crippen LogP contribution in [0.5, 0.6) is 11.5 Å². The van der Waals surface area contributed by atoms with Crippen molar-refractivity contribution in [2.24, 2.45) is 5.92 Å². The van der Waals surface area contributed by atoms with Gasteiger partial charge in [0.25, 0.3) is 0 Å². The molecule has 0 saturated carbocycles. The highest BCUT2D eigenvalue weighted by Crippen LogP contribution is 2.32. The van der Waals surface area contributed by atoms with Gasteiger partial charge in [-0.05, 0) is 50.1 Å². The van der Waals surface area contributed by atoms with E-state index < -0.39 is 0 Å². The number of halogens is 1. The quantitative estimate of drug-likeness (QED) is 0.812. The Morgan fingerprint density at radius 3 is 2.85 bits per heavy atom. The van der Waals surface area contributed by atoms with E-state index >= 15 is 0 Å². The van der Waals surface area contributed by atoms with Gasteiger partial charge >= 0.3 is 0 Å². The third kappa shape index (κ3) is 3.66. The Labute approximate surface area is 153 Å². The average molecular weight is 357 g/mol. The molecule has 2 aromatic rings. The number of carbonyl (C=O) groups excluding carboxylic acids is 1. The molecule has 2 atom stereocenters. The predicted molar refractivity (Wildman–Crippen MR) is 97.9 cm³/mol. The molecule has 1 aliphatic heterocycles. The minimum atomic E-state index is -0.347. The van der Waals surface area contributed by atoms with Crippen LogP contribution in [0.4, 0.5) is 4.39 Å². The van der Waals surface area contributed by atoms with Crippen molar-refractivity contribution in [3.63, 3.8) is 0 Å². The number of amides is 1. The van der Waals surface area contributed by atoms with Gasteiger partial charge in [0.05, 0.1) is 18.6 Å². The molecule has 138 valence electrons. The largest absolute Gasteiger partial charge is 0.494 e. The Bertz CT molecular complexity index is 793. The standard InChI is InChI=1S/C21H24FNO3/c1-4-25-17-9-10-20-15(12-17)11-16(13-26-20)21(24)23(3)14(2)18-7-5-6-8-19(18)22/h5-10,12,14,16H,4,11,13H2,1-3H3. The van der Waals surface area contributed by atoms with Crippen LogP contribution >= 0.6 is 0 Å². The first-order chi connectivity index (χ1) is 12.5. The van der Waals surface area contributed by atoms with Crippen molar-refractivity contribution in [3.8, 4) is 11.5 Å². The molecule has 1 aliphatic rings. The van der Waals surface area contributed by atoms with Crippen LogP contribution < -0.4 is 9.47 Å². The zero-order valence-electron chi connectivity index (χ0n) is 15.4. The summed E-state index contributed by atoms with van der Waals surface area (Å²) in [6, 6.07) is 11.9. The molecule has 0 radical (unpaired) electrons. The van der Waals surface area contributed by atoms with E-state index in [1.165, 1.54) is 6.07 Å². The van der Waals surface area contributed by atoms with E-state index in [9.17, 15) is 9.18 Å². The van der Waals surface area contributed by atoms with Crippen molar-refractivity contribution in [1.82, 2.24) is 4.90 Å². The highest BCUT2D eigenvalue weighted by Gasteiger charge is 2.31. The number of benzene rings is 2. The molecule has 0 N–H and O–H groups in total. The van der Waals surface area contributed by atoms with Crippen LogP contribution in [0, 0.1) is 11.7 Å². The lowest BCUT2D eigenvalue weighted by Gasteiger charge is -2.32. The Balaban J connectivity index is 1.74. The van der Waals surface area contributed by atoms with Crippen LogP contribution in [0.15, 0.2) is 42.5 Å². The van der Waals surface area contributed by atoms with Crippen LogP contribution in [0.2, 0.25) is 0 Å². The Morgan fingerprint density at radius 1 is 1.35 bits per heavy atom. The summed E-state index contributed by atoms with van der Waals surface area (Å²) in [7, 11) is 1.71. The number of nitrogens with zero attached hydrogens (tertiary/aromatic N) is 1. The summed E-state index contributed by atoms with van der Waals surface area (Å²) >= 11 is 0. The summed E-state index contributed by atoms with van der Waals surface area (Å²) in [5.41, 5.74) is 1.48. The van der Waals surface area contributed by atoms with Crippen molar-refractivity contribution in [1.29, 1.82) is 0 Å². The second-order valence-corrected chi connectivity index (χ2v) is 6.56. The lowest BCUT2D eigenvalue weighted by molar-refractivity contribution is -0.137. The maximum absolute atomic E-state index is 14.0. The molecule has 0 aromatic heterocycles. The third-order valence-electron chi connectivity index (χ3n) is 4.88. The second-order valence-electron chi connectivity index (χ2n) is 6.56. The molecule has 1 heterocycles. The zero-order chi connectivity index (χ0) is 18.7. The Morgan fingerprint density at radius 2 is 2.12 bits per heavy atom. The maximum atomic E-state index is 14.0. The Kier molecular flexibility index (Phi) is 5.45. The first-order valence-corrected chi connectivity index (χ1v) is 8.90. The highest BCUT2D eigenvalue weighted by atomic mass is 19.1. The molecule has 2 unspecified atom stereocenters. The molecular formula is C21H24FNO3. The van der Waals surface area contributed by atoms with Gasteiger partial charge in [-0.3, -0.25) is 4.79 Å². The smallest absolute Gasteiger partial charge is 0.229 e. The minimum absolute atomic E-state index is 0.0479. The fourth-order valence-electron chi connectivity index (χ4n) is 3.29. The third-order valence-corrected chi connectivity index (χ3v) is 4.88.